The number of nitrogens with one attached hydrogen (secondary N) is 2. The number of hydrogen-bond acceptors (Lipinski definition) is 3. The van der Waals surface area contributed by atoms with E-state index < -0.39 is 10.0 Å². The number of hydrogen-bond donors (Lipinski definition) is 2. The van der Waals surface area contributed by atoms with Gasteiger partial charge in [-0.2, -0.15) is 0 Å². The Hall–Kier alpha value is -1.89. The number of benzene rings is 2. The van der Waals surface area contributed by atoms with E-state index >= 15 is 0 Å². The molecule has 5 nitrogen and oxygen atoms in total. The molecular formula is C19H23ClN2O3S. The Morgan fingerprint density at radius 3 is 2.19 bits per heavy atom. The standard InChI is InChI=1S/C19H23ClN2O3S/c1-13-10-14(2)19(15(3)11-13)26(24,25)22-9-8-18(23)21-12-16-4-6-17(20)7-5-16/h4-7,10-11,22H,8-9,12H2,1-3H3,(H,21,23). The highest BCUT2D eigenvalue weighted by molar-refractivity contribution is 7.89. The van der Waals surface area contributed by atoms with E-state index in [-0.39, 0.29) is 23.8 Å². The fourth-order valence-electron chi connectivity index (χ4n) is 2.85. The number of aryl methyl sites for hydroxylation is 3. The summed E-state index contributed by atoms with van der Waals surface area (Å²) in [5, 5.41) is 3.39. The summed E-state index contributed by atoms with van der Waals surface area (Å²) in [5.41, 5.74) is 3.33. The average molecular weight is 395 g/mol. The largest absolute Gasteiger partial charge is 0.352 e. The smallest absolute Gasteiger partial charge is 0.241 e. The molecule has 2 aromatic rings. The highest BCUT2D eigenvalue weighted by atomic mass is 35.5. The summed E-state index contributed by atoms with van der Waals surface area (Å²) in [6.07, 6.45) is 0.0662. The number of halogens is 1. The number of amides is 1. The summed E-state index contributed by atoms with van der Waals surface area (Å²) in [6, 6.07) is 10.8. The first-order valence-electron chi connectivity index (χ1n) is 8.27. The maximum absolute atomic E-state index is 12.5. The van der Waals surface area contributed by atoms with Gasteiger partial charge < -0.3 is 5.32 Å². The van der Waals surface area contributed by atoms with Gasteiger partial charge in [0.1, 0.15) is 0 Å². The van der Waals surface area contributed by atoms with E-state index in [9.17, 15) is 13.2 Å². The minimum atomic E-state index is -3.65. The van der Waals surface area contributed by atoms with Gasteiger partial charge in [-0.15, -0.1) is 0 Å². The zero-order chi connectivity index (χ0) is 19.3. The predicted octanol–water partition coefficient (Wildman–Crippen LogP) is 3.25. The van der Waals surface area contributed by atoms with Gasteiger partial charge in [-0.3, -0.25) is 4.79 Å². The van der Waals surface area contributed by atoms with Crippen LogP contribution in [-0.4, -0.2) is 20.9 Å². The minimum absolute atomic E-state index is 0.0432. The summed E-state index contributed by atoms with van der Waals surface area (Å²) in [4.78, 5) is 12.2. The van der Waals surface area contributed by atoms with Gasteiger partial charge in [-0.05, 0) is 49.6 Å². The normalized spacial score (nSPS) is 11.4. The molecule has 2 aromatic carbocycles. The van der Waals surface area contributed by atoms with E-state index in [1.807, 2.05) is 31.2 Å². The molecule has 0 fully saturated rings. The molecule has 0 heterocycles. The Morgan fingerprint density at radius 1 is 1.04 bits per heavy atom. The van der Waals surface area contributed by atoms with Gasteiger partial charge in [0.2, 0.25) is 15.9 Å². The molecule has 0 saturated carbocycles. The first kappa shape index (κ1) is 20.4. The summed E-state index contributed by atoms with van der Waals surface area (Å²) >= 11 is 5.81. The van der Waals surface area contributed by atoms with Crippen LogP contribution in [0.15, 0.2) is 41.3 Å². The van der Waals surface area contributed by atoms with Crippen molar-refractivity contribution in [2.24, 2.45) is 0 Å². The van der Waals surface area contributed by atoms with Crippen LogP contribution in [0.1, 0.15) is 28.7 Å². The Kier molecular flexibility index (Phi) is 6.81. The maximum atomic E-state index is 12.5. The molecule has 140 valence electrons. The van der Waals surface area contributed by atoms with Crippen molar-refractivity contribution < 1.29 is 13.2 Å². The van der Waals surface area contributed by atoms with Crippen molar-refractivity contribution in [2.45, 2.75) is 38.6 Å². The van der Waals surface area contributed by atoms with Gasteiger partial charge in [0.25, 0.3) is 0 Å². The van der Waals surface area contributed by atoms with Crippen LogP contribution in [0, 0.1) is 20.8 Å². The molecule has 2 rings (SSSR count). The van der Waals surface area contributed by atoms with Gasteiger partial charge in [0.15, 0.2) is 0 Å². The molecule has 0 aliphatic rings. The SMILES string of the molecule is Cc1cc(C)c(S(=O)(=O)NCCC(=O)NCc2ccc(Cl)cc2)c(C)c1. The summed E-state index contributed by atoms with van der Waals surface area (Å²) in [6.45, 7) is 5.89. The van der Waals surface area contributed by atoms with Crippen molar-refractivity contribution in [3.05, 3.63) is 63.7 Å². The zero-order valence-electron chi connectivity index (χ0n) is 15.1. The number of carbonyl (C=O) groups is 1. The molecule has 2 N–H and O–H groups in total. The fourth-order valence-corrected chi connectivity index (χ4v) is 4.46. The second-order valence-electron chi connectivity index (χ2n) is 6.28. The Morgan fingerprint density at radius 2 is 1.62 bits per heavy atom. The molecule has 0 unspecified atom stereocenters. The van der Waals surface area contributed by atoms with E-state index in [1.165, 1.54) is 0 Å². The summed E-state index contributed by atoms with van der Waals surface area (Å²) in [5.74, 6) is -0.222. The van der Waals surface area contributed by atoms with E-state index in [0.717, 1.165) is 11.1 Å². The maximum Gasteiger partial charge on any atom is 0.241 e. The molecule has 0 radical (unpaired) electrons. The summed E-state index contributed by atoms with van der Waals surface area (Å²) in [7, 11) is -3.65. The lowest BCUT2D eigenvalue weighted by Crippen LogP contribution is -2.31. The predicted molar refractivity (Wildman–Crippen MR) is 104 cm³/mol. The van der Waals surface area contributed by atoms with Crippen LogP contribution in [0.4, 0.5) is 0 Å². The number of carbonyl (C=O) groups excluding carboxylic acids is 1. The molecule has 26 heavy (non-hydrogen) atoms. The molecule has 0 saturated heterocycles. The lowest BCUT2D eigenvalue weighted by molar-refractivity contribution is -0.121. The molecule has 0 aromatic heterocycles. The number of sulfonamides is 1. The lowest BCUT2D eigenvalue weighted by atomic mass is 10.1. The zero-order valence-corrected chi connectivity index (χ0v) is 16.7. The second-order valence-corrected chi connectivity index (χ2v) is 8.42. The molecular weight excluding hydrogens is 372 g/mol. The monoisotopic (exact) mass is 394 g/mol. The lowest BCUT2D eigenvalue weighted by Gasteiger charge is -2.13. The van der Waals surface area contributed by atoms with E-state index in [0.29, 0.717) is 22.7 Å². The van der Waals surface area contributed by atoms with Crippen LogP contribution in [0.3, 0.4) is 0 Å². The molecule has 7 heteroatoms. The molecule has 0 spiro atoms. The topological polar surface area (TPSA) is 75.3 Å². The molecule has 0 aliphatic heterocycles. The molecule has 0 bridgehead atoms. The second kappa shape index (κ2) is 8.66. The Bertz CT molecular complexity index is 870. The van der Waals surface area contributed by atoms with Crippen molar-refractivity contribution >= 4 is 27.5 Å². The van der Waals surface area contributed by atoms with Crippen molar-refractivity contribution in [2.75, 3.05) is 6.54 Å². The third-order valence-electron chi connectivity index (χ3n) is 3.92. The van der Waals surface area contributed by atoms with Crippen LogP contribution >= 0.6 is 11.6 Å². The quantitative estimate of drug-likeness (QED) is 0.756. The van der Waals surface area contributed by atoms with Crippen LogP contribution < -0.4 is 10.0 Å². The molecule has 0 aliphatic carbocycles. The highest BCUT2D eigenvalue weighted by Crippen LogP contribution is 2.21. The Labute approximate surface area is 159 Å². The van der Waals surface area contributed by atoms with Gasteiger partial charge in [0.05, 0.1) is 4.90 Å². The van der Waals surface area contributed by atoms with Crippen molar-refractivity contribution in [1.82, 2.24) is 10.0 Å². The van der Waals surface area contributed by atoms with Crippen LogP contribution in [0.5, 0.6) is 0 Å². The van der Waals surface area contributed by atoms with Gasteiger partial charge in [-0.25, -0.2) is 13.1 Å². The molecule has 0 atom stereocenters. The van der Waals surface area contributed by atoms with E-state index in [1.54, 1.807) is 26.0 Å². The Balaban J connectivity index is 1.88. The van der Waals surface area contributed by atoms with Gasteiger partial charge >= 0.3 is 0 Å². The van der Waals surface area contributed by atoms with Crippen LogP contribution in [0.25, 0.3) is 0 Å². The van der Waals surface area contributed by atoms with Crippen LogP contribution in [-0.2, 0) is 21.4 Å². The third-order valence-corrected chi connectivity index (χ3v) is 5.94. The van der Waals surface area contributed by atoms with Crippen LogP contribution in [0.2, 0.25) is 5.02 Å². The first-order chi connectivity index (χ1) is 12.2. The third kappa shape index (κ3) is 5.56. The average Bonchev–Trinajstić information content (AvgIpc) is 2.52. The van der Waals surface area contributed by atoms with Crippen molar-refractivity contribution in [3.8, 4) is 0 Å². The summed E-state index contributed by atoms with van der Waals surface area (Å²) < 4.78 is 27.6. The molecule has 1 amide bonds. The van der Waals surface area contributed by atoms with E-state index in [4.69, 9.17) is 11.6 Å². The highest BCUT2D eigenvalue weighted by Gasteiger charge is 2.19. The van der Waals surface area contributed by atoms with Crippen molar-refractivity contribution in [3.63, 3.8) is 0 Å². The fraction of sp³-hybridized carbons (Fsp3) is 0.316. The number of rotatable bonds is 7. The van der Waals surface area contributed by atoms with E-state index in [2.05, 4.69) is 10.0 Å². The van der Waals surface area contributed by atoms with Crippen molar-refractivity contribution in [1.29, 1.82) is 0 Å². The van der Waals surface area contributed by atoms with Gasteiger partial charge in [0, 0.05) is 24.5 Å². The minimum Gasteiger partial charge on any atom is -0.352 e. The first-order valence-corrected chi connectivity index (χ1v) is 10.1. The van der Waals surface area contributed by atoms with Gasteiger partial charge in [-0.1, -0.05) is 41.4 Å².